The molecular weight excluding hydrogens is 410 g/mol. The lowest BCUT2D eigenvalue weighted by atomic mass is 10.2. The van der Waals surface area contributed by atoms with Gasteiger partial charge >= 0.3 is 6.09 Å². The van der Waals surface area contributed by atoms with Crippen LogP contribution in [0.5, 0.6) is 5.75 Å². The van der Waals surface area contributed by atoms with Gasteiger partial charge in [0.1, 0.15) is 11.4 Å². The summed E-state index contributed by atoms with van der Waals surface area (Å²) in [6.07, 6.45) is -0.661. The Balaban J connectivity index is 2.18. The molecule has 0 aliphatic heterocycles. The van der Waals surface area contributed by atoms with Crippen molar-refractivity contribution in [2.75, 3.05) is 24.8 Å². The van der Waals surface area contributed by atoms with E-state index >= 15 is 0 Å². The molecule has 2 rings (SSSR count). The summed E-state index contributed by atoms with van der Waals surface area (Å²) in [5, 5.41) is 5.28. The SMILES string of the molecule is CNS(=O)(=O)c1ccc(C(=O)Nc2ccc(OC)c(NC(=O)OC(C)(C)C)c2)cc1. The van der Waals surface area contributed by atoms with E-state index in [9.17, 15) is 18.0 Å². The monoisotopic (exact) mass is 435 g/mol. The molecule has 0 fully saturated rings. The van der Waals surface area contributed by atoms with Crippen LogP contribution >= 0.6 is 0 Å². The van der Waals surface area contributed by atoms with Crippen molar-refractivity contribution in [3.63, 3.8) is 0 Å². The number of nitrogens with one attached hydrogen (secondary N) is 3. The average molecular weight is 436 g/mol. The van der Waals surface area contributed by atoms with Gasteiger partial charge in [-0.2, -0.15) is 0 Å². The normalized spacial score (nSPS) is 11.5. The molecular formula is C20H25N3O6S. The first-order valence-electron chi connectivity index (χ1n) is 8.98. The highest BCUT2D eigenvalue weighted by Gasteiger charge is 2.18. The number of rotatable bonds is 6. The van der Waals surface area contributed by atoms with Crippen molar-refractivity contribution in [1.29, 1.82) is 0 Å². The van der Waals surface area contributed by atoms with Crippen LogP contribution in [0.15, 0.2) is 47.4 Å². The number of benzene rings is 2. The van der Waals surface area contributed by atoms with Crippen molar-refractivity contribution in [2.24, 2.45) is 0 Å². The van der Waals surface area contributed by atoms with Gasteiger partial charge in [0.25, 0.3) is 5.91 Å². The van der Waals surface area contributed by atoms with Crippen LogP contribution in [-0.4, -0.2) is 40.2 Å². The third-order valence-corrected chi connectivity index (χ3v) is 5.22. The van der Waals surface area contributed by atoms with E-state index in [4.69, 9.17) is 9.47 Å². The molecule has 0 saturated heterocycles. The zero-order chi connectivity index (χ0) is 22.5. The molecule has 0 unspecified atom stereocenters. The van der Waals surface area contributed by atoms with E-state index in [1.54, 1.807) is 32.9 Å². The van der Waals surface area contributed by atoms with Crippen molar-refractivity contribution in [1.82, 2.24) is 4.72 Å². The van der Waals surface area contributed by atoms with Gasteiger partial charge in [0.05, 0.1) is 17.7 Å². The average Bonchev–Trinajstić information content (AvgIpc) is 2.66. The lowest BCUT2D eigenvalue weighted by Crippen LogP contribution is -2.27. The largest absolute Gasteiger partial charge is 0.495 e. The van der Waals surface area contributed by atoms with E-state index < -0.39 is 27.6 Å². The molecule has 30 heavy (non-hydrogen) atoms. The molecule has 0 bridgehead atoms. The molecule has 2 aromatic rings. The van der Waals surface area contributed by atoms with Gasteiger partial charge in [0.15, 0.2) is 0 Å². The van der Waals surface area contributed by atoms with Crippen molar-refractivity contribution in [2.45, 2.75) is 31.3 Å². The first-order valence-corrected chi connectivity index (χ1v) is 10.5. The fourth-order valence-corrected chi connectivity index (χ4v) is 3.13. The lowest BCUT2D eigenvalue weighted by molar-refractivity contribution is 0.0635. The third kappa shape index (κ3) is 6.19. The maximum absolute atomic E-state index is 12.5. The number of anilines is 2. The van der Waals surface area contributed by atoms with Crippen LogP contribution in [0, 0.1) is 0 Å². The van der Waals surface area contributed by atoms with Crippen LogP contribution in [-0.2, 0) is 14.8 Å². The van der Waals surface area contributed by atoms with Crippen LogP contribution < -0.4 is 20.1 Å². The molecule has 3 N–H and O–H groups in total. The summed E-state index contributed by atoms with van der Waals surface area (Å²) in [5.41, 5.74) is 0.317. The molecule has 0 aromatic heterocycles. The molecule has 0 spiro atoms. The summed E-state index contributed by atoms with van der Waals surface area (Å²) < 4.78 is 36.2. The summed E-state index contributed by atoms with van der Waals surface area (Å²) in [5.74, 6) is -0.0581. The first-order chi connectivity index (χ1) is 13.9. The Kier molecular flexibility index (Phi) is 7.06. The van der Waals surface area contributed by atoms with E-state index in [2.05, 4.69) is 15.4 Å². The number of amides is 2. The minimum Gasteiger partial charge on any atom is -0.495 e. The van der Waals surface area contributed by atoms with E-state index in [1.165, 1.54) is 44.5 Å². The second-order valence-corrected chi connectivity index (χ2v) is 9.11. The zero-order valence-corrected chi connectivity index (χ0v) is 18.2. The molecule has 0 atom stereocenters. The van der Waals surface area contributed by atoms with Gasteiger partial charge in [-0.15, -0.1) is 0 Å². The molecule has 162 valence electrons. The number of methoxy groups -OCH3 is 1. The Morgan fingerprint density at radius 2 is 1.60 bits per heavy atom. The number of hydrogen-bond donors (Lipinski definition) is 3. The number of ether oxygens (including phenoxy) is 2. The van der Waals surface area contributed by atoms with Gasteiger partial charge < -0.3 is 14.8 Å². The molecule has 10 heteroatoms. The van der Waals surface area contributed by atoms with Gasteiger partial charge in [0, 0.05) is 11.3 Å². The number of carbonyl (C=O) groups is 2. The van der Waals surface area contributed by atoms with Crippen LogP contribution in [0.4, 0.5) is 16.2 Å². The number of hydrogen-bond acceptors (Lipinski definition) is 6. The van der Waals surface area contributed by atoms with Crippen LogP contribution in [0.3, 0.4) is 0 Å². The van der Waals surface area contributed by atoms with E-state index in [1.807, 2.05) is 0 Å². The second-order valence-electron chi connectivity index (χ2n) is 7.23. The minimum atomic E-state index is -3.59. The van der Waals surface area contributed by atoms with Gasteiger partial charge in [-0.3, -0.25) is 10.1 Å². The van der Waals surface area contributed by atoms with Gasteiger partial charge in [-0.25, -0.2) is 17.9 Å². The summed E-state index contributed by atoms with van der Waals surface area (Å²) in [4.78, 5) is 24.6. The van der Waals surface area contributed by atoms with Crippen molar-refractivity contribution in [3.05, 3.63) is 48.0 Å². The summed E-state index contributed by atoms with van der Waals surface area (Å²) in [6, 6.07) is 10.2. The fourth-order valence-electron chi connectivity index (χ4n) is 2.40. The highest BCUT2D eigenvalue weighted by molar-refractivity contribution is 7.89. The standard InChI is InChI=1S/C20H25N3O6S/c1-20(2,3)29-19(25)23-16-12-14(8-11-17(16)28-5)22-18(24)13-6-9-15(10-7-13)30(26,27)21-4/h6-12,21H,1-5H3,(H,22,24)(H,23,25). The zero-order valence-electron chi connectivity index (χ0n) is 17.4. The lowest BCUT2D eigenvalue weighted by Gasteiger charge is -2.20. The van der Waals surface area contributed by atoms with E-state index in [0.717, 1.165) is 0 Å². The second kappa shape index (κ2) is 9.14. The molecule has 0 aliphatic rings. The predicted octanol–water partition coefficient (Wildman–Crippen LogP) is 3.20. The number of carbonyl (C=O) groups excluding carboxylic acids is 2. The van der Waals surface area contributed by atoms with Crippen LogP contribution in [0.1, 0.15) is 31.1 Å². The first kappa shape index (κ1) is 23.2. The van der Waals surface area contributed by atoms with Crippen molar-refractivity contribution >= 4 is 33.4 Å². The minimum absolute atomic E-state index is 0.0508. The summed E-state index contributed by atoms with van der Waals surface area (Å²) in [7, 11) is -0.824. The molecule has 0 aliphatic carbocycles. The molecule has 2 aromatic carbocycles. The Bertz CT molecular complexity index is 1030. The maximum Gasteiger partial charge on any atom is 0.412 e. The van der Waals surface area contributed by atoms with Gasteiger partial charge in [-0.1, -0.05) is 0 Å². The fraction of sp³-hybridized carbons (Fsp3) is 0.300. The quantitative estimate of drug-likeness (QED) is 0.640. The smallest absolute Gasteiger partial charge is 0.412 e. The van der Waals surface area contributed by atoms with Gasteiger partial charge in [-0.05, 0) is 70.3 Å². The topological polar surface area (TPSA) is 123 Å². The van der Waals surface area contributed by atoms with Crippen LogP contribution in [0.25, 0.3) is 0 Å². The van der Waals surface area contributed by atoms with E-state index in [-0.39, 0.29) is 10.5 Å². The van der Waals surface area contributed by atoms with Crippen LogP contribution in [0.2, 0.25) is 0 Å². The molecule has 0 heterocycles. The van der Waals surface area contributed by atoms with Crippen molar-refractivity contribution < 1.29 is 27.5 Å². The Morgan fingerprint density at radius 1 is 0.967 bits per heavy atom. The summed E-state index contributed by atoms with van der Waals surface area (Å²) in [6.45, 7) is 5.23. The summed E-state index contributed by atoms with van der Waals surface area (Å²) >= 11 is 0. The molecule has 2 amide bonds. The highest BCUT2D eigenvalue weighted by atomic mass is 32.2. The van der Waals surface area contributed by atoms with E-state index in [0.29, 0.717) is 17.1 Å². The third-order valence-electron chi connectivity index (χ3n) is 3.79. The Hall–Kier alpha value is -3.11. The highest BCUT2D eigenvalue weighted by Crippen LogP contribution is 2.28. The van der Waals surface area contributed by atoms with Crippen molar-refractivity contribution in [3.8, 4) is 5.75 Å². The molecule has 0 saturated carbocycles. The molecule has 9 nitrogen and oxygen atoms in total. The number of sulfonamides is 1. The Morgan fingerprint density at radius 3 is 2.13 bits per heavy atom. The predicted molar refractivity (Wildman–Crippen MR) is 113 cm³/mol. The molecule has 0 radical (unpaired) electrons. The Labute approximate surface area is 175 Å². The van der Waals surface area contributed by atoms with Gasteiger partial charge in [0.2, 0.25) is 10.0 Å². The maximum atomic E-state index is 12.5.